The summed E-state index contributed by atoms with van der Waals surface area (Å²) in [4.78, 5) is 105. The smallest absolute Gasteiger partial charge is 0.293 e. The summed E-state index contributed by atoms with van der Waals surface area (Å²) in [6, 6.07) is 23.8. The molecule has 89 heavy (non-hydrogen) atoms. The maximum absolute atomic E-state index is 14.2. The van der Waals surface area contributed by atoms with Gasteiger partial charge in [-0.2, -0.15) is 0 Å². The molecule has 4 aromatic carbocycles. The van der Waals surface area contributed by atoms with E-state index < -0.39 is 61.1 Å². The number of halogens is 1. The number of likely N-dealkylation sites (tertiary alicyclic amines) is 1. The number of piperidine rings is 2. The fourth-order valence-electron chi connectivity index (χ4n) is 12.5. The van der Waals surface area contributed by atoms with Gasteiger partial charge in [-0.3, -0.25) is 54.0 Å². The van der Waals surface area contributed by atoms with Gasteiger partial charge in [0.2, 0.25) is 17.7 Å². The van der Waals surface area contributed by atoms with E-state index >= 15 is 0 Å². The van der Waals surface area contributed by atoms with Gasteiger partial charge in [0.25, 0.3) is 33.4 Å². The van der Waals surface area contributed by atoms with Gasteiger partial charge in [-0.05, 0) is 134 Å². The van der Waals surface area contributed by atoms with Gasteiger partial charge in [0.05, 0.1) is 32.7 Å². The van der Waals surface area contributed by atoms with Crippen molar-refractivity contribution in [2.75, 3.05) is 62.6 Å². The molecule has 1 aliphatic carbocycles. The number of piperazine rings is 1. The van der Waals surface area contributed by atoms with Crippen LogP contribution in [-0.2, 0) is 24.4 Å². The molecule has 4 aliphatic heterocycles. The Hall–Kier alpha value is -8.91. The number of benzene rings is 4. The number of allylic oxidation sites excluding steroid dienone is 1. The lowest BCUT2D eigenvalue weighted by Gasteiger charge is -2.39. The largest absolute Gasteiger partial charge is 0.455 e. The molecule has 11 rings (SSSR count). The summed E-state index contributed by atoms with van der Waals surface area (Å²) in [7, 11) is -4.68. The lowest BCUT2D eigenvalue weighted by atomic mass is 9.72. The van der Waals surface area contributed by atoms with Crippen LogP contribution in [0.4, 0.5) is 17.1 Å². The molecule has 3 saturated heterocycles. The summed E-state index contributed by atoms with van der Waals surface area (Å²) in [5.41, 5.74) is 5.79. The van der Waals surface area contributed by atoms with Gasteiger partial charge in [-0.15, -0.1) is 0 Å². The van der Waals surface area contributed by atoms with Gasteiger partial charge in [-0.1, -0.05) is 67.5 Å². The van der Waals surface area contributed by atoms with Crippen LogP contribution in [0.2, 0.25) is 5.02 Å². The van der Waals surface area contributed by atoms with Crippen molar-refractivity contribution < 1.29 is 46.8 Å². The molecule has 2 aromatic heterocycles. The average molecular weight is 1250 g/mol. The molecule has 4 N–H and O–H groups in total. The van der Waals surface area contributed by atoms with Crippen LogP contribution in [0.5, 0.6) is 11.5 Å². The quantitative estimate of drug-likeness (QED) is 0.0193. The molecule has 462 valence electrons. The zero-order chi connectivity index (χ0) is 62.6. The standard InChI is InChI=1S/C66H69ClN10O11S/c1-66(2)27-25-46(53(37-66)43-15-17-47(67)18-16-43)41-73-30-32-74(33-31-73)48-19-21-51(57(35-48)88-49-34-45-26-28-68-61(45)70-39-49)62(80)72-89(86,87)50-20-22-54(56(36-50)77(84)85)69-38-42-10-9-29-75(40-42)59(79)14-7-5-3-4-6-11-44-12-8-13-52-60(44)65(83)76(64(52)82)55-23-24-58(78)71-63(55)81/h8,12-13,15-22,26,28,34-36,39,42,55,69H,3-5,7,9-10,14,23-25,27,29-33,37-38,40-41H2,1-2H3,(H,68,70)(H,72,80)(H,71,78,81). The number of fused-ring (bicyclic) bond motifs is 2. The molecule has 6 amide bonds. The van der Waals surface area contributed by atoms with Gasteiger partial charge in [0, 0.05) is 112 Å². The topological polar surface area (TPSA) is 267 Å². The number of aromatic nitrogens is 2. The van der Waals surface area contributed by atoms with Crippen molar-refractivity contribution >= 4 is 90.7 Å². The molecule has 0 radical (unpaired) electrons. The zero-order valence-electron chi connectivity index (χ0n) is 49.6. The molecule has 5 aliphatic rings. The Morgan fingerprint density at radius 3 is 2.51 bits per heavy atom. The van der Waals surface area contributed by atoms with Crippen molar-refractivity contribution in [3.05, 3.63) is 152 Å². The third-order valence-corrected chi connectivity index (χ3v) is 19.0. The third-order valence-electron chi connectivity index (χ3n) is 17.4. The molecule has 2 atom stereocenters. The number of unbranched alkanes of at least 4 members (excludes halogenated alkanes) is 3. The second kappa shape index (κ2) is 26.4. The van der Waals surface area contributed by atoms with Crippen LogP contribution in [0.15, 0.2) is 114 Å². The first-order chi connectivity index (χ1) is 42.8. The highest BCUT2D eigenvalue weighted by Gasteiger charge is 2.45. The minimum absolute atomic E-state index is 0.0108. The second-order valence-electron chi connectivity index (χ2n) is 24.2. The number of anilines is 2. The number of hydrogen-bond donors (Lipinski definition) is 4. The number of sulfonamides is 1. The maximum Gasteiger partial charge on any atom is 0.293 e. The van der Waals surface area contributed by atoms with Crippen LogP contribution in [0, 0.1) is 33.3 Å². The molecule has 2 unspecified atom stereocenters. The van der Waals surface area contributed by atoms with Crippen LogP contribution in [-0.4, -0.2) is 132 Å². The summed E-state index contributed by atoms with van der Waals surface area (Å²) >= 11 is 6.27. The minimum atomic E-state index is -4.68. The summed E-state index contributed by atoms with van der Waals surface area (Å²) in [5.74, 6) is 3.06. The number of amides is 6. The molecule has 6 aromatic rings. The summed E-state index contributed by atoms with van der Waals surface area (Å²) < 4.78 is 36.5. The Morgan fingerprint density at radius 2 is 1.72 bits per heavy atom. The highest BCUT2D eigenvalue weighted by molar-refractivity contribution is 7.90. The Bertz CT molecular complexity index is 4020. The number of imide groups is 2. The van der Waals surface area contributed by atoms with Crippen LogP contribution in [0.1, 0.15) is 133 Å². The summed E-state index contributed by atoms with van der Waals surface area (Å²) in [5, 5.41) is 19.3. The number of carbonyl (C=O) groups excluding carboxylic acids is 6. The molecule has 23 heteroatoms. The fourth-order valence-corrected chi connectivity index (χ4v) is 13.6. The minimum Gasteiger partial charge on any atom is -0.455 e. The van der Waals surface area contributed by atoms with E-state index in [-0.39, 0.29) is 64.8 Å². The van der Waals surface area contributed by atoms with Crippen LogP contribution >= 0.6 is 11.6 Å². The van der Waals surface area contributed by atoms with Gasteiger partial charge < -0.3 is 24.8 Å². The number of aromatic amines is 1. The van der Waals surface area contributed by atoms with Crippen molar-refractivity contribution in [1.29, 1.82) is 0 Å². The van der Waals surface area contributed by atoms with Gasteiger partial charge >= 0.3 is 0 Å². The number of ether oxygens (including phenoxy) is 1. The number of H-pyrrole nitrogens is 1. The van der Waals surface area contributed by atoms with E-state index in [1.54, 1.807) is 41.4 Å². The number of nitrogens with one attached hydrogen (secondary N) is 4. The Kier molecular flexibility index (Phi) is 18.3. The number of nitro groups is 1. The molecule has 3 fully saturated rings. The van der Waals surface area contributed by atoms with E-state index in [4.69, 9.17) is 16.3 Å². The van der Waals surface area contributed by atoms with E-state index in [1.807, 2.05) is 18.2 Å². The van der Waals surface area contributed by atoms with Crippen LogP contribution < -0.4 is 25.0 Å². The maximum atomic E-state index is 14.2. The van der Waals surface area contributed by atoms with Gasteiger partial charge in [0.1, 0.15) is 28.9 Å². The first-order valence-corrected chi connectivity index (χ1v) is 32.0. The molecular formula is C66H69ClN10O11S. The van der Waals surface area contributed by atoms with E-state index in [2.05, 4.69) is 72.9 Å². The number of nitrogens with zero attached hydrogens (tertiary/aromatic N) is 6. The van der Waals surface area contributed by atoms with Crippen molar-refractivity contribution in [2.24, 2.45) is 11.3 Å². The zero-order valence-corrected chi connectivity index (χ0v) is 51.1. The number of rotatable bonds is 19. The highest BCUT2D eigenvalue weighted by atomic mass is 35.5. The normalized spacial score (nSPS) is 18.8. The SMILES string of the molecule is CC1(C)CCC(CN2CCN(c3ccc(C(=O)NS(=O)(=O)c4ccc(NCC5CCCN(C(=O)CCCCCC#Cc6cccc7c6C(=O)N(C6CCC(=O)NC6=O)C7=O)C5)c([N+](=O)[O-])c4)c(Oc4cnc5[nH]ccc5c4)c3)CC2)=C(c2ccc(Cl)cc2)C1. The molecule has 6 heterocycles. The average Bonchev–Trinajstić information content (AvgIpc) is 1.73. The van der Waals surface area contributed by atoms with Gasteiger partial charge in [0.15, 0.2) is 0 Å². The molecule has 0 bridgehead atoms. The third kappa shape index (κ3) is 14.2. The van der Waals surface area contributed by atoms with Crippen molar-refractivity contribution in [3.8, 4) is 23.3 Å². The van der Waals surface area contributed by atoms with E-state index in [1.165, 1.54) is 47.2 Å². The molecule has 0 spiro atoms. The summed E-state index contributed by atoms with van der Waals surface area (Å²) in [6.07, 6.45) is 10.7. The van der Waals surface area contributed by atoms with E-state index in [0.29, 0.717) is 80.3 Å². The lowest BCUT2D eigenvalue weighted by molar-refractivity contribution is -0.384. The lowest BCUT2D eigenvalue weighted by Crippen LogP contribution is -2.54. The Labute approximate surface area is 520 Å². The van der Waals surface area contributed by atoms with E-state index in [9.17, 15) is 47.3 Å². The number of carbonyl (C=O) groups is 6. The number of pyridine rings is 1. The van der Waals surface area contributed by atoms with Crippen molar-refractivity contribution in [3.63, 3.8) is 0 Å². The predicted octanol–water partition coefficient (Wildman–Crippen LogP) is 9.88. The number of hydrogen-bond acceptors (Lipinski definition) is 15. The first kappa shape index (κ1) is 61.7. The van der Waals surface area contributed by atoms with Crippen LogP contribution in [0.3, 0.4) is 0 Å². The first-order valence-electron chi connectivity index (χ1n) is 30.2. The Balaban J connectivity index is 0.683. The van der Waals surface area contributed by atoms with Crippen molar-refractivity contribution in [2.45, 2.75) is 102 Å². The fraction of sp³-hybridized carbons (Fsp3) is 0.379. The predicted molar refractivity (Wildman–Crippen MR) is 336 cm³/mol. The molecule has 21 nitrogen and oxygen atoms in total. The summed E-state index contributed by atoms with van der Waals surface area (Å²) in [6.45, 7) is 9.72. The second-order valence-corrected chi connectivity index (χ2v) is 26.3. The van der Waals surface area contributed by atoms with Gasteiger partial charge in [-0.25, -0.2) is 18.1 Å². The van der Waals surface area contributed by atoms with E-state index in [0.717, 1.165) is 73.8 Å². The Morgan fingerprint density at radius 1 is 0.910 bits per heavy atom. The number of nitro benzene ring substituents is 1. The van der Waals surface area contributed by atoms with Crippen molar-refractivity contribution in [1.82, 2.24) is 34.7 Å². The highest BCUT2D eigenvalue weighted by Crippen LogP contribution is 2.44. The molecular weight excluding hydrogens is 1180 g/mol. The monoisotopic (exact) mass is 1240 g/mol. The van der Waals surface area contributed by atoms with Crippen LogP contribution in [0.25, 0.3) is 16.6 Å². The molecule has 0 saturated carbocycles.